The van der Waals surface area contributed by atoms with Crippen LogP contribution in [0.15, 0.2) is 42.5 Å². The van der Waals surface area contributed by atoms with E-state index in [1.54, 1.807) is 4.68 Å². The number of carbonyl (C=O) groups excluding carboxylic acids is 1. The first-order valence-corrected chi connectivity index (χ1v) is 10.8. The van der Waals surface area contributed by atoms with E-state index in [9.17, 15) is 4.79 Å². The van der Waals surface area contributed by atoms with E-state index in [4.69, 9.17) is 4.74 Å². The molecule has 2 saturated heterocycles. The van der Waals surface area contributed by atoms with Gasteiger partial charge in [-0.2, -0.15) is 0 Å². The summed E-state index contributed by atoms with van der Waals surface area (Å²) in [5, 5.41) is 12.5. The van der Waals surface area contributed by atoms with Crippen molar-refractivity contribution in [2.24, 2.45) is 11.8 Å². The molecule has 8 heteroatoms. The summed E-state index contributed by atoms with van der Waals surface area (Å²) in [6, 6.07) is 10.2. The minimum absolute atomic E-state index is 0.0942. The van der Waals surface area contributed by atoms with E-state index in [0.29, 0.717) is 25.0 Å². The van der Waals surface area contributed by atoms with Gasteiger partial charge in [0.2, 0.25) is 5.91 Å². The molecular weight excluding hydrogens is 380 g/mol. The van der Waals surface area contributed by atoms with Crippen molar-refractivity contribution in [3.63, 3.8) is 0 Å². The number of morpholine rings is 1. The average Bonchev–Trinajstić information content (AvgIpc) is 3.43. The summed E-state index contributed by atoms with van der Waals surface area (Å²) < 4.78 is 7.24. The van der Waals surface area contributed by atoms with E-state index >= 15 is 0 Å². The summed E-state index contributed by atoms with van der Waals surface area (Å²) in [6.45, 7) is 4.87. The minimum atomic E-state index is -0.0942. The summed E-state index contributed by atoms with van der Waals surface area (Å²) in [6.07, 6.45) is 6.66. The molecule has 8 nitrogen and oxygen atoms in total. The number of fused-ring (bicyclic) bond motifs is 1. The Morgan fingerprint density at radius 1 is 1.07 bits per heavy atom. The van der Waals surface area contributed by atoms with Crippen LogP contribution in [0.25, 0.3) is 0 Å². The molecule has 5 rings (SSSR count). The number of likely N-dealkylation sites (tertiary alicyclic amines) is 1. The molecule has 1 aromatic carbocycles. The van der Waals surface area contributed by atoms with Crippen molar-refractivity contribution >= 4 is 5.91 Å². The fourth-order valence-electron chi connectivity index (χ4n) is 4.96. The Hall–Kier alpha value is -2.58. The first-order chi connectivity index (χ1) is 14.8. The maximum Gasteiger partial charge on any atom is 0.244 e. The number of amides is 1. The van der Waals surface area contributed by atoms with Gasteiger partial charge in [-0.1, -0.05) is 42.5 Å². The second-order valence-corrected chi connectivity index (χ2v) is 8.42. The molecule has 3 aliphatic rings. The monoisotopic (exact) mass is 408 g/mol. The lowest BCUT2D eigenvalue weighted by Gasteiger charge is -2.34. The Morgan fingerprint density at radius 3 is 2.47 bits per heavy atom. The van der Waals surface area contributed by atoms with Gasteiger partial charge in [-0.05, 0) is 40.7 Å². The third kappa shape index (κ3) is 3.89. The first-order valence-electron chi connectivity index (χ1n) is 10.8. The van der Waals surface area contributed by atoms with E-state index in [2.05, 4.69) is 44.7 Å². The highest BCUT2D eigenvalue weighted by Gasteiger charge is 2.36. The average molecular weight is 409 g/mol. The van der Waals surface area contributed by atoms with Crippen LogP contribution in [0.2, 0.25) is 0 Å². The molecule has 0 N–H and O–H groups in total. The predicted molar refractivity (Wildman–Crippen MR) is 110 cm³/mol. The first kappa shape index (κ1) is 19.4. The molecule has 3 heterocycles. The van der Waals surface area contributed by atoms with Crippen molar-refractivity contribution in [2.75, 3.05) is 39.4 Å². The number of aromatic nitrogens is 4. The second kappa shape index (κ2) is 8.65. The molecule has 30 heavy (non-hydrogen) atoms. The molecule has 158 valence electrons. The Kier molecular flexibility index (Phi) is 5.59. The molecule has 3 atom stereocenters. The van der Waals surface area contributed by atoms with Crippen LogP contribution >= 0.6 is 0 Å². The van der Waals surface area contributed by atoms with Gasteiger partial charge in [-0.3, -0.25) is 9.69 Å². The molecule has 1 aromatic heterocycles. The second-order valence-electron chi connectivity index (χ2n) is 8.42. The summed E-state index contributed by atoms with van der Waals surface area (Å²) in [5.41, 5.74) is 1.13. The van der Waals surface area contributed by atoms with Crippen molar-refractivity contribution in [3.8, 4) is 0 Å². The van der Waals surface area contributed by atoms with Crippen molar-refractivity contribution in [3.05, 3.63) is 53.9 Å². The van der Waals surface area contributed by atoms with Gasteiger partial charge >= 0.3 is 0 Å². The van der Waals surface area contributed by atoms with Crippen LogP contribution in [-0.2, 0) is 16.1 Å². The Labute approximate surface area is 176 Å². The number of rotatable bonds is 5. The standard InChI is InChI=1S/C22H28N6O2/c29-20(27-14-18-8-4-5-9-19(18)15-27)16-28-22(23-24-25-28)21(17-6-2-1-3-7-17)26-10-12-30-13-11-26/h1-7,18-19,21H,8-16H2/t18-,19+,21?. The number of benzene rings is 1. The number of allylic oxidation sites excluding steroid dienone is 2. The fourth-order valence-corrected chi connectivity index (χ4v) is 4.96. The maximum atomic E-state index is 13.1. The normalized spacial score (nSPS) is 25.3. The number of ether oxygens (including phenoxy) is 1. The molecule has 2 fully saturated rings. The third-order valence-electron chi connectivity index (χ3n) is 6.59. The van der Waals surface area contributed by atoms with Crippen molar-refractivity contribution in [1.29, 1.82) is 0 Å². The molecule has 1 aliphatic carbocycles. The minimum Gasteiger partial charge on any atom is -0.379 e. The molecule has 0 bridgehead atoms. The lowest BCUT2D eigenvalue weighted by atomic mass is 9.86. The van der Waals surface area contributed by atoms with Gasteiger partial charge in [0.15, 0.2) is 5.82 Å². The Bertz CT molecular complexity index is 876. The van der Waals surface area contributed by atoms with Crippen LogP contribution < -0.4 is 0 Å². The highest BCUT2D eigenvalue weighted by molar-refractivity contribution is 5.76. The van der Waals surface area contributed by atoms with Gasteiger partial charge in [0.05, 0.1) is 19.3 Å². The quantitative estimate of drug-likeness (QED) is 0.699. The van der Waals surface area contributed by atoms with Crippen LogP contribution in [0.3, 0.4) is 0 Å². The zero-order valence-corrected chi connectivity index (χ0v) is 17.1. The van der Waals surface area contributed by atoms with Crippen LogP contribution in [0.5, 0.6) is 0 Å². The molecule has 1 unspecified atom stereocenters. The molecular formula is C22H28N6O2. The molecule has 2 aromatic rings. The smallest absolute Gasteiger partial charge is 0.244 e. The van der Waals surface area contributed by atoms with Crippen LogP contribution in [-0.4, -0.2) is 75.3 Å². The van der Waals surface area contributed by atoms with E-state index in [0.717, 1.165) is 50.4 Å². The lowest BCUT2D eigenvalue weighted by molar-refractivity contribution is -0.131. The zero-order valence-electron chi connectivity index (χ0n) is 17.1. The van der Waals surface area contributed by atoms with Crippen LogP contribution in [0.4, 0.5) is 0 Å². The van der Waals surface area contributed by atoms with Crippen molar-refractivity contribution in [1.82, 2.24) is 30.0 Å². The fraction of sp³-hybridized carbons (Fsp3) is 0.545. The number of carbonyl (C=O) groups is 1. The number of hydrogen-bond donors (Lipinski definition) is 0. The van der Waals surface area contributed by atoms with Gasteiger partial charge < -0.3 is 9.64 Å². The van der Waals surface area contributed by atoms with Crippen LogP contribution in [0, 0.1) is 11.8 Å². The number of tetrazole rings is 1. The van der Waals surface area contributed by atoms with Gasteiger partial charge in [0, 0.05) is 26.2 Å². The Morgan fingerprint density at radius 2 is 1.77 bits per heavy atom. The van der Waals surface area contributed by atoms with E-state index in [1.165, 1.54) is 0 Å². The summed E-state index contributed by atoms with van der Waals surface area (Å²) in [4.78, 5) is 17.4. The third-order valence-corrected chi connectivity index (χ3v) is 6.59. The maximum absolute atomic E-state index is 13.1. The van der Waals surface area contributed by atoms with Gasteiger partial charge in [-0.15, -0.1) is 5.10 Å². The summed E-state index contributed by atoms with van der Waals surface area (Å²) >= 11 is 0. The molecule has 1 amide bonds. The Balaban J connectivity index is 1.36. The number of nitrogens with zero attached hydrogens (tertiary/aromatic N) is 6. The molecule has 0 spiro atoms. The van der Waals surface area contributed by atoms with E-state index < -0.39 is 0 Å². The SMILES string of the molecule is O=C(Cn1nnnc1C(c1ccccc1)N1CCOCC1)N1C[C@H]2CC=CC[C@H]2C1. The zero-order chi connectivity index (χ0) is 20.3. The summed E-state index contributed by atoms with van der Waals surface area (Å²) in [5.74, 6) is 2.01. The van der Waals surface area contributed by atoms with Gasteiger partial charge in [0.1, 0.15) is 6.54 Å². The largest absolute Gasteiger partial charge is 0.379 e. The highest BCUT2D eigenvalue weighted by atomic mass is 16.5. The van der Waals surface area contributed by atoms with Crippen molar-refractivity contribution < 1.29 is 9.53 Å². The van der Waals surface area contributed by atoms with E-state index in [1.807, 2.05) is 23.1 Å². The van der Waals surface area contributed by atoms with Gasteiger partial charge in [0.25, 0.3) is 0 Å². The number of hydrogen-bond acceptors (Lipinski definition) is 6. The topological polar surface area (TPSA) is 76.4 Å². The van der Waals surface area contributed by atoms with E-state index in [-0.39, 0.29) is 18.5 Å². The predicted octanol–water partition coefficient (Wildman–Crippen LogP) is 1.52. The van der Waals surface area contributed by atoms with Crippen LogP contribution in [0.1, 0.15) is 30.3 Å². The molecule has 2 aliphatic heterocycles. The molecule has 0 saturated carbocycles. The summed E-state index contributed by atoms with van der Waals surface area (Å²) in [7, 11) is 0. The lowest BCUT2D eigenvalue weighted by Crippen LogP contribution is -2.41. The van der Waals surface area contributed by atoms with Gasteiger partial charge in [-0.25, -0.2) is 4.68 Å². The highest BCUT2D eigenvalue weighted by Crippen LogP contribution is 2.33. The van der Waals surface area contributed by atoms with Crippen molar-refractivity contribution in [2.45, 2.75) is 25.4 Å². The molecule has 0 radical (unpaired) electrons.